The fourth-order valence-corrected chi connectivity index (χ4v) is 17.2. The van der Waals surface area contributed by atoms with Crippen molar-refractivity contribution in [3.8, 4) is 11.3 Å². The number of hydrogen-bond donors (Lipinski definition) is 9. The van der Waals surface area contributed by atoms with Gasteiger partial charge >= 0.3 is 5.97 Å². The van der Waals surface area contributed by atoms with Crippen molar-refractivity contribution < 1.29 is 92.0 Å². The molecule has 2 bridgehead atoms. The quantitative estimate of drug-likeness (QED) is 0.00824. The Bertz CT molecular complexity index is 4550. The van der Waals surface area contributed by atoms with Gasteiger partial charge in [-0.05, 0) is 139 Å². The number of aliphatic hydroxyl groups is 4. The van der Waals surface area contributed by atoms with Gasteiger partial charge in [0, 0.05) is 159 Å². The number of rotatable bonds is 31. The summed E-state index contributed by atoms with van der Waals surface area (Å²) in [4.78, 5) is 134. The SMILES string of the molecule is CO[C@H]1C[C@@H]2CC[C@@H](C)[C@@](O)(O2)C(=O)C(=O)N2CCCC[C@H]2C(=O)O[C@H]([C@H](C)C[C@@H]2CC[C@@H](O)[C@H](OC)C2)C[C@@H](O)[C@H](C)/C=C(\C)[C@@H](O)[C@@H](OC)/C(=N/OCC(=O)NCc2cnc(N3CCN(C(=O)CN(C)CC(=O)NCCOCCOCCC(=O)NCCCCn4nc(-c5cnc6[nH]ccc6c5)c5c(N)ncnc54)CC3)nc2)[C@H](C)C[C@H](C)/C=C/C=C/C=C/1C. The van der Waals surface area contributed by atoms with Crippen LogP contribution in [0.3, 0.4) is 0 Å². The van der Waals surface area contributed by atoms with Gasteiger partial charge in [-0.3, -0.25) is 33.7 Å². The Balaban J connectivity index is 0.661. The summed E-state index contributed by atoms with van der Waals surface area (Å²) >= 11 is 0. The number of Topliss-reactive ketones (excluding diaryl/α,β-unsaturated/α-hetero) is 1. The standard InChI is InChI=1S/C90H133N17O19/c1-56-19-13-12-14-20-57(2)71(119-9)46-67-24-22-62(7)90(118,126-67)83(115)87(116)106-31-17-15-21-68(106)88(117)125-72(59(4)43-63-23-25-69(108)73(44-63)120-10)47-70(109)58(3)42-61(6)81(114)82(121-11)79(60(5)41-56)102-124-54-76(112)95-48-64-49-97-89(98-50-64)105-35-33-104(34-36-105)77(113)53-103(8)52-75(111)93-30-38-123-40-39-122-37-27-74(110)92-28-16-18-32-107-86-78(84(91)99-55-100-86)80(101-107)66-45-65-26-29-94-85(65)96-51-66/h12-14,19-20,26,29,42,45,49-51,55-56,58-60,62-63,67-73,81-82,108-109,114,118H,15-18,21-25,27-28,30-41,43-44,46-48,52-54H2,1-11H3,(H,92,110)(H,93,111)(H,94,96)(H,95,112)(H2,91,99,100)/b14-12+,19-13+,57-20+,61-42+,102-79+/t56-,58-,59-,60-,62-,63+,67+,68+,69-,70-,71+,72+,73-,81-,82+,90-/m1/s1. The summed E-state index contributed by atoms with van der Waals surface area (Å²) in [6, 6.07) is 2.77. The van der Waals surface area contributed by atoms with Crippen LogP contribution in [-0.4, -0.2) is 303 Å². The van der Waals surface area contributed by atoms with Crippen molar-refractivity contribution in [1.82, 2.24) is 70.3 Å². The van der Waals surface area contributed by atoms with Gasteiger partial charge in [0.2, 0.25) is 29.5 Å². The van der Waals surface area contributed by atoms with E-state index in [1.54, 1.807) is 76.5 Å². The Kier molecular flexibility index (Phi) is 38.0. The van der Waals surface area contributed by atoms with Crippen molar-refractivity contribution in [2.75, 3.05) is 131 Å². The minimum Gasteiger partial charge on any atom is -0.460 e. The van der Waals surface area contributed by atoms with Crippen LogP contribution in [0.4, 0.5) is 11.8 Å². The van der Waals surface area contributed by atoms with E-state index >= 15 is 0 Å². The van der Waals surface area contributed by atoms with Crippen LogP contribution in [0, 0.1) is 35.5 Å². The second kappa shape index (κ2) is 48.5. The number of aliphatic hydroxyl groups excluding tert-OH is 3. The summed E-state index contributed by atoms with van der Waals surface area (Å²) in [5.74, 6) is -7.73. The molecule has 0 radical (unpaired) electrons. The first kappa shape index (κ1) is 98.6. The summed E-state index contributed by atoms with van der Waals surface area (Å²) in [7, 11) is 6.29. The van der Waals surface area contributed by atoms with Crippen molar-refractivity contribution in [1.29, 1.82) is 0 Å². The maximum atomic E-state index is 14.8. The Morgan fingerprint density at radius 1 is 0.778 bits per heavy atom. The van der Waals surface area contributed by atoms with E-state index in [9.17, 15) is 54.0 Å². The summed E-state index contributed by atoms with van der Waals surface area (Å²) in [5.41, 5.74) is 11.4. The first-order chi connectivity index (χ1) is 60.6. The van der Waals surface area contributed by atoms with Crippen molar-refractivity contribution in [3.63, 3.8) is 0 Å². The number of anilines is 2. The first-order valence-corrected chi connectivity index (χ1v) is 44.4. The molecule has 692 valence electrons. The summed E-state index contributed by atoms with van der Waals surface area (Å²) in [6.45, 7) is 16.8. The number of piperazine rings is 1. The van der Waals surface area contributed by atoms with Crippen LogP contribution in [0.5, 0.6) is 0 Å². The first-order valence-electron chi connectivity index (χ1n) is 44.4. The number of hydrogen-bond acceptors (Lipinski definition) is 29. The molecule has 36 nitrogen and oxygen atoms in total. The number of likely N-dealkylation sites (N-methyl/N-ethyl adjacent to an activating group) is 1. The number of aromatic nitrogens is 8. The smallest absolute Gasteiger partial charge is 0.329 e. The van der Waals surface area contributed by atoms with E-state index in [0.29, 0.717) is 149 Å². The average molecular weight is 1760 g/mol. The summed E-state index contributed by atoms with van der Waals surface area (Å²) < 4.78 is 43.4. The molecule has 0 spiro atoms. The van der Waals surface area contributed by atoms with Gasteiger partial charge in [-0.2, -0.15) is 5.10 Å². The van der Waals surface area contributed by atoms with Crippen LogP contribution < -0.4 is 26.6 Å². The van der Waals surface area contributed by atoms with Crippen LogP contribution >= 0.6 is 0 Å². The number of nitrogens with one attached hydrogen (secondary N) is 4. The van der Waals surface area contributed by atoms with E-state index in [2.05, 4.69) is 51.0 Å². The Labute approximate surface area is 737 Å². The number of pyridine rings is 1. The number of carbonyl (C=O) groups excluding carboxylic acids is 7. The van der Waals surface area contributed by atoms with E-state index in [1.165, 1.54) is 18.3 Å². The maximum Gasteiger partial charge on any atom is 0.329 e. The van der Waals surface area contributed by atoms with Gasteiger partial charge in [-0.25, -0.2) is 34.4 Å². The third-order valence-corrected chi connectivity index (χ3v) is 24.7. The lowest BCUT2D eigenvalue weighted by Gasteiger charge is -2.43. The molecule has 10 N–H and O–H groups in total. The normalized spacial score (nSPS) is 28.1. The molecule has 5 amide bonds. The number of nitrogens with two attached hydrogens (primary N) is 1. The molecule has 126 heavy (non-hydrogen) atoms. The molecular formula is C90H133N17O19. The molecule has 0 unspecified atom stereocenters. The second-order valence-corrected chi connectivity index (χ2v) is 34.4. The van der Waals surface area contributed by atoms with Crippen LogP contribution in [0.1, 0.15) is 150 Å². The number of esters is 1. The number of amides is 5. The van der Waals surface area contributed by atoms with E-state index in [0.717, 1.165) is 28.6 Å². The minimum atomic E-state index is -2.47. The van der Waals surface area contributed by atoms with Gasteiger partial charge in [-0.1, -0.05) is 76.2 Å². The third kappa shape index (κ3) is 27.7. The predicted molar refractivity (Wildman–Crippen MR) is 471 cm³/mol. The number of aryl methyl sites for hydroxylation is 1. The molecule has 5 aromatic rings. The number of piperidine rings is 1. The highest BCUT2D eigenvalue weighted by molar-refractivity contribution is 6.39. The van der Waals surface area contributed by atoms with Crippen LogP contribution in [-0.2, 0) is 84.6 Å². The van der Waals surface area contributed by atoms with Crippen LogP contribution in [0.2, 0.25) is 0 Å². The van der Waals surface area contributed by atoms with Crippen molar-refractivity contribution in [3.05, 3.63) is 96.4 Å². The molecular weight excluding hydrogens is 1620 g/mol. The number of nitrogen functional groups attached to an aromatic ring is 1. The molecule has 4 fully saturated rings. The third-order valence-electron chi connectivity index (χ3n) is 24.7. The Hall–Kier alpha value is -9.60. The number of allylic oxidation sites excluding steroid dienone is 5. The fraction of sp³-hybridized carbons (Fsp3) is 0.644. The maximum absolute atomic E-state index is 14.8. The van der Waals surface area contributed by atoms with Crippen molar-refractivity contribution >= 4 is 80.8 Å². The van der Waals surface area contributed by atoms with Gasteiger partial charge < -0.3 is 99.8 Å². The van der Waals surface area contributed by atoms with Crippen LogP contribution in [0.25, 0.3) is 33.3 Å². The molecule has 4 aliphatic heterocycles. The van der Waals surface area contributed by atoms with Crippen molar-refractivity contribution in [2.24, 2.45) is 40.7 Å². The molecule has 3 saturated heterocycles. The highest BCUT2D eigenvalue weighted by atomic mass is 16.6. The number of cyclic esters (lactones) is 1. The van der Waals surface area contributed by atoms with Gasteiger partial charge in [0.05, 0.1) is 81.1 Å². The van der Waals surface area contributed by atoms with E-state index in [-0.39, 0.29) is 126 Å². The number of H-pyrrole nitrogens is 1. The Morgan fingerprint density at radius 2 is 1.54 bits per heavy atom. The van der Waals surface area contributed by atoms with Crippen molar-refractivity contribution in [2.45, 2.75) is 219 Å². The highest BCUT2D eigenvalue weighted by Gasteiger charge is 2.53. The number of unbranched alkanes of at least 4 members (excludes halogenated alkanes) is 1. The number of methoxy groups -OCH3 is 3. The molecule has 9 heterocycles. The molecule has 1 aliphatic carbocycles. The largest absolute Gasteiger partial charge is 0.460 e. The molecule has 16 atom stereocenters. The number of aromatic amines is 1. The van der Waals surface area contributed by atoms with E-state index < -0.39 is 102 Å². The van der Waals surface area contributed by atoms with Gasteiger partial charge in [0.15, 0.2) is 12.3 Å². The lowest BCUT2D eigenvalue weighted by molar-refractivity contribution is -0.265. The van der Waals surface area contributed by atoms with Gasteiger partial charge in [0.1, 0.15) is 47.8 Å². The fourth-order valence-electron chi connectivity index (χ4n) is 17.2. The summed E-state index contributed by atoms with van der Waals surface area (Å²) in [5, 5.41) is 67.0. The van der Waals surface area contributed by atoms with Crippen LogP contribution in [0.15, 0.2) is 96.0 Å². The number of nitrogens with zero attached hydrogens (tertiary/aromatic N) is 12. The summed E-state index contributed by atoms with van der Waals surface area (Å²) in [6.07, 6.45) is 19.8. The number of ketones is 1. The molecule has 5 aromatic heterocycles. The average Bonchev–Trinajstić information content (AvgIpc) is 1.49. The number of oxime groups is 1. The number of carbonyl (C=O) groups is 7. The Morgan fingerprint density at radius 3 is 2.29 bits per heavy atom. The molecule has 0 aromatic carbocycles. The predicted octanol–water partition coefficient (Wildman–Crippen LogP) is 5.86. The van der Waals surface area contributed by atoms with Gasteiger partial charge in [-0.15, -0.1) is 0 Å². The number of fused-ring (bicyclic) bond motifs is 5. The van der Waals surface area contributed by atoms with Gasteiger partial charge in [0.25, 0.3) is 17.6 Å². The zero-order chi connectivity index (χ0) is 90.6. The second-order valence-electron chi connectivity index (χ2n) is 34.4. The monoisotopic (exact) mass is 1760 g/mol. The molecule has 36 heteroatoms. The number of ether oxygens (including phenoxy) is 7. The molecule has 10 rings (SSSR count). The van der Waals surface area contributed by atoms with E-state index in [4.69, 9.17) is 48.8 Å². The lowest BCUT2D eigenvalue weighted by atomic mass is 9.78. The van der Waals surface area contributed by atoms with E-state index in [1.807, 2.05) is 86.0 Å². The minimum absolute atomic E-state index is 0.00422. The zero-order valence-electron chi connectivity index (χ0n) is 74.9. The molecule has 5 aliphatic rings. The topological polar surface area (TPSA) is 460 Å². The molecule has 1 saturated carbocycles. The highest BCUT2D eigenvalue weighted by Crippen LogP contribution is 2.39. The zero-order valence-corrected chi connectivity index (χ0v) is 74.9. The lowest BCUT2D eigenvalue weighted by Crippen LogP contribution is -2.61.